The van der Waals surface area contributed by atoms with Crippen LogP contribution in [0.15, 0.2) is 109 Å². The number of para-hydroxylation sites is 2. The van der Waals surface area contributed by atoms with Gasteiger partial charge >= 0.3 is 5.97 Å². The highest BCUT2D eigenvalue weighted by molar-refractivity contribution is 8.76. The molecule has 2 heterocycles. The molecule has 6 aromatic rings. The minimum absolute atomic E-state index is 0.0232. The molecule has 0 spiro atoms. The number of aldehydes is 1. The zero-order chi connectivity index (χ0) is 43.2. The van der Waals surface area contributed by atoms with E-state index in [-0.39, 0.29) is 31.3 Å². The van der Waals surface area contributed by atoms with Gasteiger partial charge in [-0.25, -0.2) is 4.79 Å². The number of benzene rings is 4. The summed E-state index contributed by atoms with van der Waals surface area (Å²) in [6, 6.07) is 29.4. The Morgan fingerprint density at radius 1 is 0.689 bits per heavy atom. The maximum absolute atomic E-state index is 14.3. The molecule has 0 aliphatic carbocycles. The Labute approximate surface area is 364 Å². The van der Waals surface area contributed by atoms with Crippen LogP contribution in [-0.2, 0) is 54.6 Å². The molecule has 6 N–H and O–H groups in total. The van der Waals surface area contributed by atoms with Crippen LogP contribution in [0.5, 0.6) is 0 Å². The van der Waals surface area contributed by atoms with Crippen molar-refractivity contribution in [3.05, 3.63) is 143 Å². The van der Waals surface area contributed by atoms with Crippen LogP contribution >= 0.6 is 21.6 Å². The van der Waals surface area contributed by atoms with E-state index < -0.39 is 29.6 Å². The van der Waals surface area contributed by atoms with Gasteiger partial charge in [-0.15, -0.1) is 0 Å². The summed E-state index contributed by atoms with van der Waals surface area (Å²) in [5, 5.41) is 14.8. The van der Waals surface area contributed by atoms with Crippen LogP contribution in [0.4, 0.5) is 0 Å². The van der Waals surface area contributed by atoms with Crippen molar-refractivity contribution >= 4 is 67.5 Å². The molecular weight excluding hydrogens is 809 g/mol. The number of rotatable bonds is 23. The van der Waals surface area contributed by atoms with E-state index in [2.05, 4.69) is 31.2 Å². The van der Waals surface area contributed by atoms with Crippen LogP contribution in [0.3, 0.4) is 0 Å². The third-order valence-electron chi connectivity index (χ3n) is 10.6. The first-order valence-electron chi connectivity index (χ1n) is 20.2. The largest absolute Gasteiger partial charge is 0.467 e. The highest BCUT2D eigenvalue weighted by Gasteiger charge is 2.36. The predicted octanol–water partition coefficient (Wildman–Crippen LogP) is 6.11. The Kier molecular flexibility index (Phi) is 16.2. The number of methoxy groups -OCH3 is 2. The van der Waals surface area contributed by atoms with Crippen molar-refractivity contribution in [1.29, 1.82) is 0 Å². The number of H-pyrrole nitrogens is 2. The van der Waals surface area contributed by atoms with Crippen molar-refractivity contribution in [1.82, 2.24) is 31.2 Å². The van der Waals surface area contributed by atoms with Gasteiger partial charge in [0.05, 0.1) is 25.8 Å². The molecule has 0 unspecified atom stereocenters. The summed E-state index contributed by atoms with van der Waals surface area (Å²) in [7, 11) is 5.70. The summed E-state index contributed by atoms with van der Waals surface area (Å²) in [4.78, 5) is 60.8. The van der Waals surface area contributed by atoms with Crippen molar-refractivity contribution in [2.75, 3.05) is 32.3 Å². The summed E-state index contributed by atoms with van der Waals surface area (Å²) in [5.74, 6) is -0.618. The number of hydrogen-bond acceptors (Lipinski definition) is 10. The zero-order valence-corrected chi connectivity index (χ0v) is 36.6. The number of ether oxygens (including phenoxy) is 2. The minimum atomic E-state index is -1.33. The normalized spacial score (nSPS) is 13.9. The summed E-state index contributed by atoms with van der Waals surface area (Å²) in [6.45, 7) is 4.85. The molecular formula is C47H54N6O6S2. The topological polar surface area (TPSA) is 166 Å². The van der Waals surface area contributed by atoms with Gasteiger partial charge in [-0.3, -0.25) is 9.59 Å². The predicted molar refractivity (Wildman–Crippen MR) is 245 cm³/mol. The molecule has 0 bridgehead atoms. The van der Waals surface area contributed by atoms with Crippen molar-refractivity contribution in [3.63, 3.8) is 0 Å². The molecule has 12 nitrogen and oxygen atoms in total. The van der Waals surface area contributed by atoms with E-state index in [1.54, 1.807) is 0 Å². The molecule has 0 saturated carbocycles. The Morgan fingerprint density at radius 2 is 1.20 bits per heavy atom. The van der Waals surface area contributed by atoms with Crippen molar-refractivity contribution in [2.24, 2.45) is 0 Å². The molecule has 4 aromatic carbocycles. The molecule has 6 rings (SSSR count). The van der Waals surface area contributed by atoms with Crippen LogP contribution in [0, 0.1) is 13.8 Å². The lowest BCUT2D eigenvalue weighted by atomic mass is 9.92. The fraction of sp³-hybridized carbons (Fsp3) is 0.319. The van der Waals surface area contributed by atoms with E-state index in [1.165, 1.54) is 35.8 Å². The quantitative estimate of drug-likeness (QED) is 0.0192. The monoisotopic (exact) mass is 862 g/mol. The molecule has 2 aromatic heterocycles. The smallest absolute Gasteiger partial charge is 0.328 e. The molecule has 320 valence electrons. The van der Waals surface area contributed by atoms with Crippen LogP contribution in [-0.4, -0.2) is 90.0 Å². The molecule has 14 heteroatoms. The minimum Gasteiger partial charge on any atom is -0.467 e. The van der Waals surface area contributed by atoms with Gasteiger partial charge in [0.25, 0.3) is 0 Å². The summed E-state index contributed by atoms with van der Waals surface area (Å²) < 4.78 is 10.7. The van der Waals surface area contributed by atoms with Crippen molar-refractivity contribution in [2.45, 2.75) is 63.4 Å². The number of fused-ring (bicyclic) bond motifs is 2. The van der Waals surface area contributed by atoms with Gasteiger partial charge in [-0.1, -0.05) is 118 Å². The second-order valence-electron chi connectivity index (χ2n) is 15.3. The van der Waals surface area contributed by atoms with Crippen molar-refractivity contribution < 1.29 is 28.7 Å². The standard InChI is InChI=1S/C47H54N6O6S2/c1-31-13-17-33(18-14-31)23-48-42(44(55)52-41(46(57)59-4)21-35-25-50-39-11-7-5-9-37(35)39)27-60-61-28-43(49-24-34-19-15-32(2)16-20-34)45(56)53-47(29-54,30-58-3)22-36-26-51-40-12-8-6-10-38(36)40/h5-20,25-26,29,41-43,48-51H,21-24,27-28,30H2,1-4H3,(H,52,55)(H,53,56)/t41-,42-,43-,47-/m0/s1. The summed E-state index contributed by atoms with van der Waals surface area (Å²) in [5.41, 5.74) is 6.56. The number of esters is 1. The Morgan fingerprint density at radius 3 is 1.72 bits per heavy atom. The van der Waals surface area contributed by atoms with E-state index in [4.69, 9.17) is 9.47 Å². The second-order valence-corrected chi connectivity index (χ2v) is 17.8. The lowest BCUT2D eigenvalue weighted by molar-refractivity contribution is -0.145. The van der Waals surface area contributed by atoms with Crippen molar-refractivity contribution in [3.8, 4) is 0 Å². The van der Waals surface area contributed by atoms with Gasteiger partial charge in [-0.05, 0) is 48.2 Å². The van der Waals surface area contributed by atoms with Gasteiger partial charge in [0, 0.05) is 78.7 Å². The number of amides is 2. The average Bonchev–Trinajstić information content (AvgIpc) is 3.88. The highest BCUT2D eigenvalue weighted by Crippen LogP contribution is 2.26. The fourth-order valence-corrected chi connectivity index (χ4v) is 9.55. The first-order chi connectivity index (χ1) is 29.6. The highest BCUT2D eigenvalue weighted by atomic mass is 33.1. The lowest BCUT2D eigenvalue weighted by Gasteiger charge is -2.31. The first-order valence-corrected chi connectivity index (χ1v) is 22.7. The van der Waals surface area contributed by atoms with E-state index in [9.17, 15) is 19.2 Å². The average molecular weight is 863 g/mol. The number of nitrogens with one attached hydrogen (secondary N) is 6. The molecule has 2 amide bonds. The third-order valence-corrected chi connectivity index (χ3v) is 13.0. The second kappa shape index (κ2) is 21.9. The van der Waals surface area contributed by atoms with Gasteiger partial charge in [0.2, 0.25) is 11.8 Å². The lowest BCUT2D eigenvalue weighted by Crippen LogP contribution is -2.59. The molecule has 0 radical (unpaired) electrons. The van der Waals surface area contributed by atoms with E-state index in [0.717, 1.165) is 61.5 Å². The SMILES string of the molecule is COC[C@@](C=O)(Cc1c[nH]c2ccccc12)NC(=O)[C@H](CSSC[C@H](NCc1ccc(C)cc1)C(=O)N[C@@H](Cc1c[nH]c2ccccc12)C(=O)OC)NCc1ccc(C)cc1. The molecule has 4 atom stereocenters. The molecule has 0 saturated heterocycles. The number of aromatic nitrogens is 2. The van der Waals surface area contributed by atoms with Crippen LogP contribution in [0.2, 0.25) is 0 Å². The Hall–Kier alpha value is -5.38. The van der Waals surface area contributed by atoms with Gasteiger partial charge in [-0.2, -0.15) is 0 Å². The number of hydrogen-bond donors (Lipinski definition) is 6. The molecule has 0 aliphatic rings. The maximum atomic E-state index is 14.3. The first kappa shape index (κ1) is 45.2. The Bertz CT molecular complexity index is 2380. The summed E-state index contributed by atoms with van der Waals surface area (Å²) in [6.07, 6.45) is 4.94. The van der Waals surface area contributed by atoms with Crippen LogP contribution in [0.25, 0.3) is 21.8 Å². The Balaban J connectivity index is 1.16. The van der Waals surface area contributed by atoms with Crippen LogP contribution < -0.4 is 21.3 Å². The van der Waals surface area contributed by atoms with Gasteiger partial charge in [0.15, 0.2) is 0 Å². The molecule has 0 fully saturated rings. The fourth-order valence-electron chi connectivity index (χ4n) is 7.15. The van der Waals surface area contributed by atoms with Gasteiger partial charge in [0.1, 0.15) is 17.9 Å². The van der Waals surface area contributed by atoms with Crippen LogP contribution in [0.1, 0.15) is 33.4 Å². The number of aromatic amines is 2. The summed E-state index contributed by atoms with van der Waals surface area (Å²) >= 11 is 0. The van der Waals surface area contributed by atoms with Gasteiger partial charge < -0.3 is 45.5 Å². The molecule has 61 heavy (non-hydrogen) atoms. The molecule has 0 aliphatic heterocycles. The van der Waals surface area contributed by atoms with E-state index in [0.29, 0.717) is 24.6 Å². The number of aryl methyl sites for hydroxylation is 2. The zero-order valence-electron chi connectivity index (χ0n) is 34.9. The van der Waals surface area contributed by atoms with E-state index >= 15 is 0 Å². The third kappa shape index (κ3) is 12.4. The number of carbonyl (C=O) groups excluding carboxylic acids is 4. The maximum Gasteiger partial charge on any atom is 0.328 e. The number of carbonyl (C=O) groups is 4. The van der Waals surface area contributed by atoms with E-state index in [1.807, 2.05) is 123 Å².